The lowest BCUT2D eigenvalue weighted by molar-refractivity contribution is 0.105. The molecular weight excluding hydrogens is 160 g/mol. The van der Waals surface area contributed by atoms with Gasteiger partial charge in [0, 0.05) is 0 Å². The molecule has 13 heavy (non-hydrogen) atoms. The predicted molar refractivity (Wildman–Crippen MR) is 61.1 cm³/mol. The van der Waals surface area contributed by atoms with Crippen LogP contribution < -0.4 is 0 Å². The zero-order valence-corrected chi connectivity index (χ0v) is 9.81. The van der Waals surface area contributed by atoms with Gasteiger partial charge in [-0.05, 0) is 25.7 Å². The molecule has 0 amide bonds. The van der Waals surface area contributed by atoms with Crippen LogP contribution in [-0.4, -0.2) is 12.2 Å². The van der Waals surface area contributed by atoms with E-state index in [4.69, 9.17) is 4.74 Å². The van der Waals surface area contributed by atoms with Crippen LogP contribution in [0, 0.1) is 0 Å². The fraction of sp³-hybridized carbons (Fsp3) is 0.833. The van der Waals surface area contributed by atoms with Gasteiger partial charge in [0.2, 0.25) is 0 Å². The van der Waals surface area contributed by atoms with Crippen molar-refractivity contribution in [3.05, 3.63) is 13.2 Å². The molecule has 2 heterocycles. The molecule has 2 bridgehead atoms. The lowest BCUT2D eigenvalue weighted by atomic mass is 10.0. The van der Waals surface area contributed by atoms with E-state index < -0.39 is 0 Å². The minimum absolute atomic E-state index is 0.671. The number of fused-ring (bicyclic) bond motifs is 2. The number of hydrogen-bond acceptors (Lipinski definition) is 1. The van der Waals surface area contributed by atoms with Crippen LogP contribution in [0.2, 0.25) is 0 Å². The van der Waals surface area contributed by atoms with Gasteiger partial charge >= 0.3 is 0 Å². The first kappa shape index (κ1) is 15.2. The average molecular weight is 186 g/mol. The maximum Gasteiger partial charge on any atom is 0.0580 e. The fourth-order valence-electron chi connectivity index (χ4n) is 1.58. The first-order valence-corrected chi connectivity index (χ1v) is 5.60. The van der Waals surface area contributed by atoms with Crippen LogP contribution in [-0.2, 0) is 4.74 Å². The third-order valence-electron chi connectivity index (χ3n) is 2.01. The van der Waals surface area contributed by atoms with Crippen molar-refractivity contribution in [3.8, 4) is 0 Å². The van der Waals surface area contributed by atoms with E-state index >= 15 is 0 Å². The van der Waals surface area contributed by atoms with E-state index in [2.05, 4.69) is 13.2 Å². The Bertz CT molecular complexity index is 73.1. The van der Waals surface area contributed by atoms with Crippen LogP contribution in [0.5, 0.6) is 0 Å². The van der Waals surface area contributed by atoms with E-state index in [1.54, 1.807) is 0 Å². The second-order valence-corrected chi connectivity index (χ2v) is 2.53. The SMILES string of the molecule is C1CC2CCC1O2.C=C.CC.CC. The van der Waals surface area contributed by atoms with Gasteiger partial charge in [-0.15, -0.1) is 13.2 Å². The lowest BCUT2D eigenvalue weighted by Gasteiger charge is -2.00. The molecule has 0 unspecified atom stereocenters. The highest BCUT2D eigenvalue weighted by Gasteiger charge is 2.31. The summed E-state index contributed by atoms with van der Waals surface area (Å²) >= 11 is 0. The zero-order valence-electron chi connectivity index (χ0n) is 9.81. The fourth-order valence-corrected chi connectivity index (χ4v) is 1.58. The van der Waals surface area contributed by atoms with Gasteiger partial charge in [-0.2, -0.15) is 0 Å². The maximum absolute atomic E-state index is 5.47. The van der Waals surface area contributed by atoms with Crippen molar-refractivity contribution in [1.29, 1.82) is 0 Å². The topological polar surface area (TPSA) is 9.23 Å². The highest BCUT2D eigenvalue weighted by molar-refractivity contribution is 4.81. The van der Waals surface area contributed by atoms with Crippen LogP contribution in [0.1, 0.15) is 53.4 Å². The molecule has 1 heteroatoms. The van der Waals surface area contributed by atoms with Gasteiger partial charge in [0.15, 0.2) is 0 Å². The first-order valence-electron chi connectivity index (χ1n) is 5.60. The Morgan fingerprint density at radius 1 is 0.769 bits per heavy atom. The van der Waals surface area contributed by atoms with Crippen molar-refractivity contribution in [3.63, 3.8) is 0 Å². The summed E-state index contributed by atoms with van der Waals surface area (Å²) < 4.78 is 5.47. The van der Waals surface area contributed by atoms with E-state index in [0.29, 0.717) is 12.2 Å². The smallest absolute Gasteiger partial charge is 0.0580 e. The van der Waals surface area contributed by atoms with Crippen molar-refractivity contribution >= 4 is 0 Å². The third-order valence-corrected chi connectivity index (χ3v) is 2.01. The Morgan fingerprint density at radius 3 is 1.08 bits per heavy atom. The molecule has 0 radical (unpaired) electrons. The average Bonchev–Trinajstić information content (AvgIpc) is 2.90. The molecule has 2 saturated heterocycles. The first-order chi connectivity index (χ1) is 6.45. The quantitative estimate of drug-likeness (QED) is 0.516. The van der Waals surface area contributed by atoms with Gasteiger partial charge in [-0.25, -0.2) is 0 Å². The molecular formula is C12H26O. The van der Waals surface area contributed by atoms with Crippen molar-refractivity contribution in [1.82, 2.24) is 0 Å². The second-order valence-electron chi connectivity index (χ2n) is 2.53. The molecule has 80 valence electrons. The molecule has 0 aromatic carbocycles. The van der Waals surface area contributed by atoms with E-state index in [1.807, 2.05) is 27.7 Å². The van der Waals surface area contributed by atoms with Gasteiger partial charge < -0.3 is 4.74 Å². The molecule has 0 atom stereocenters. The summed E-state index contributed by atoms with van der Waals surface area (Å²) in [5.74, 6) is 0. The summed E-state index contributed by atoms with van der Waals surface area (Å²) in [4.78, 5) is 0. The number of hydrogen-bond donors (Lipinski definition) is 0. The lowest BCUT2D eigenvalue weighted by Crippen LogP contribution is -1.98. The van der Waals surface area contributed by atoms with Gasteiger partial charge in [0.05, 0.1) is 12.2 Å². The van der Waals surface area contributed by atoms with Crippen LogP contribution in [0.3, 0.4) is 0 Å². The summed E-state index contributed by atoms with van der Waals surface area (Å²) in [7, 11) is 0. The van der Waals surface area contributed by atoms with Crippen LogP contribution >= 0.6 is 0 Å². The molecule has 1 nitrogen and oxygen atoms in total. The molecule has 0 spiro atoms. The van der Waals surface area contributed by atoms with Crippen molar-refractivity contribution < 1.29 is 4.74 Å². The summed E-state index contributed by atoms with van der Waals surface area (Å²) in [6.07, 6.45) is 6.69. The Morgan fingerprint density at radius 2 is 1.00 bits per heavy atom. The Hall–Kier alpha value is -0.300. The monoisotopic (exact) mass is 186 g/mol. The van der Waals surface area contributed by atoms with Gasteiger partial charge in [0.25, 0.3) is 0 Å². The zero-order chi connectivity index (χ0) is 10.7. The molecule has 0 saturated carbocycles. The third kappa shape index (κ3) is 5.87. The Balaban J connectivity index is 0. The highest BCUT2D eigenvalue weighted by Crippen LogP contribution is 2.33. The van der Waals surface area contributed by atoms with Crippen molar-refractivity contribution in [2.45, 2.75) is 65.6 Å². The van der Waals surface area contributed by atoms with E-state index in [0.717, 1.165) is 0 Å². The van der Waals surface area contributed by atoms with Crippen LogP contribution in [0.15, 0.2) is 13.2 Å². The molecule has 2 aliphatic heterocycles. The van der Waals surface area contributed by atoms with Crippen LogP contribution in [0.4, 0.5) is 0 Å². The predicted octanol–water partition coefficient (Wildman–Crippen LogP) is 4.18. The summed E-state index contributed by atoms with van der Waals surface area (Å²) in [6, 6.07) is 0. The minimum atomic E-state index is 0.671. The van der Waals surface area contributed by atoms with Crippen LogP contribution in [0.25, 0.3) is 0 Å². The normalized spacial score (nSPS) is 27.1. The summed E-state index contributed by atoms with van der Waals surface area (Å²) in [5, 5.41) is 0. The largest absolute Gasteiger partial charge is 0.375 e. The summed E-state index contributed by atoms with van der Waals surface area (Å²) in [6.45, 7) is 14.0. The molecule has 2 aliphatic rings. The maximum atomic E-state index is 5.47. The molecule has 0 N–H and O–H groups in total. The van der Waals surface area contributed by atoms with Crippen molar-refractivity contribution in [2.75, 3.05) is 0 Å². The standard InChI is InChI=1S/C6H10O.2C2H6.C2H4/c1-2-6-4-3-5(1)7-6;3*1-2/h5-6H,1-4H2;2*1-2H3;1-2H2. The van der Waals surface area contributed by atoms with Gasteiger partial charge in [0.1, 0.15) is 0 Å². The Labute approximate surface area is 84.2 Å². The minimum Gasteiger partial charge on any atom is -0.375 e. The summed E-state index contributed by atoms with van der Waals surface area (Å²) in [5.41, 5.74) is 0. The molecule has 0 aromatic heterocycles. The second kappa shape index (κ2) is 11.7. The van der Waals surface area contributed by atoms with Crippen molar-refractivity contribution in [2.24, 2.45) is 0 Å². The number of ether oxygens (including phenoxy) is 1. The van der Waals surface area contributed by atoms with E-state index in [1.165, 1.54) is 25.7 Å². The van der Waals surface area contributed by atoms with E-state index in [9.17, 15) is 0 Å². The molecule has 2 fully saturated rings. The number of rotatable bonds is 0. The molecule has 2 rings (SSSR count). The molecule has 0 aliphatic carbocycles. The van der Waals surface area contributed by atoms with Gasteiger partial charge in [-0.3, -0.25) is 0 Å². The van der Waals surface area contributed by atoms with Gasteiger partial charge in [-0.1, -0.05) is 27.7 Å². The van der Waals surface area contributed by atoms with E-state index in [-0.39, 0.29) is 0 Å². The Kier molecular flexibility index (Phi) is 13.7. The molecule has 0 aromatic rings. The highest BCUT2D eigenvalue weighted by atomic mass is 16.5.